The molecule has 0 bridgehead atoms. The van der Waals surface area contributed by atoms with Crippen molar-refractivity contribution in [3.8, 4) is 0 Å². The Kier molecular flexibility index (Phi) is 3.91. The van der Waals surface area contributed by atoms with E-state index in [0.29, 0.717) is 4.99 Å². The minimum Gasteiger partial charge on any atom is -0.389 e. The van der Waals surface area contributed by atoms with Crippen molar-refractivity contribution in [3.63, 3.8) is 0 Å². The van der Waals surface area contributed by atoms with E-state index in [0.717, 1.165) is 43.9 Å². The van der Waals surface area contributed by atoms with Crippen molar-refractivity contribution in [1.29, 1.82) is 0 Å². The van der Waals surface area contributed by atoms with E-state index in [1.54, 1.807) is 6.20 Å². The highest BCUT2D eigenvalue weighted by Gasteiger charge is 2.16. The normalized spacial score (nSPS) is 17.8. The van der Waals surface area contributed by atoms with Crippen LogP contribution in [-0.4, -0.2) is 48.1 Å². The van der Waals surface area contributed by atoms with Crippen molar-refractivity contribution in [3.05, 3.63) is 24.0 Å². The van der Waals surface area contributed by atoms with Gasteiger partial charge in [0.15, 0.2) is 0 Å². The molecule has 2 heterocycles. The van der Waals surface area contributed by atoms with E-state index in [4.69, 9.17) is 18.0 Å². The van der Waals surface area contributed by atoms with Crippen LogP contribution in [0.2, 0.25) is 0 Å². The van der Waals surface area contributed by atoms with Gasteiger partial charge >= 0.3 is 0 Å². The fraction of sp³-hybridized carbons (Fsp3) is 0.500. The molecule has 5 heteroatoms. The lowest BCUT2D eigenvalue weighted by Crippen LogP contribution is -2.30. The minimum atomic E-state index is 0.444. The maximum absolute atomic E-state index is 5.75. The summed E-state index contributed by atoms with van der Waals surface area (Å²) in [4.78, 5) is 9.30. The maximum atomic E-state index is 5.75. The summed E-state index contributed by atoms with van der Waals surface area (Å²) in [5, 5.41) is 0. The number of rotatable bonds is 2. The number of hydrogen-bond donors (Lipinski definition) is 1. The van der Waals surface area contributed by atoms with Gasteiger partial charge < -0.3 is 15.5 Å². The Morgan fingerprint density at radius 2 is 2.18 bits per heavy atom. The van der Waals surface area contributed by atoms with Crippen molar-refractivity contribution in [1.82, 2.24) is 9.88 Å². The molecular formula is C12H18N4S. The fourth-order valence-corrected chi connectivity index (χ4v) is 2.31. The second-order valence-electron chi connectivity index (χ2n) is 4.40. The first-order chi connectivity index (χ1) is 8.18. The maximum Gasteiger partial charge on any atom is 0.106 e. The number of aromatic nitrogens is 1. The van der Waals surface area contributed by atoms with Crippen LogP contribution in [0.15, 0.2) is 18.5 Å². The molecular weight excluding hydrogens is 232 g/mol. The molecule has 0 spiro atoms. The first kappa shape index (κ1) is 12.3. The van der Waals surface area contributed by atoms with Crippen molar-refractivity contribution in [2.75, 3.05) is 38.1 Å². The fourth-order valence-electron chi connectivity index (χ4n) is 2.13. The van der Waals surface area contributed by atoms with Gasteiger partial charge in [-0.3, -0.25) is 4.98 Å². The number of anilines is 1. The Balaban J connectivity index is 2.24. The van der Waals surface area contributed by atoms with E-state index in [-0.39, 0.29) is 0 Å². The molecule has 92 valence electrons. The molecule has 2 N–H and O–H groups in total. The number of nitrogens with zero attached hydrogens (tertiary/aromatic N) is 3. The predicted octanol–water partition coefficient (Wildman–Crippen LogP) is 0.858. The van der Waals surface area contributed by atoms with Crippen molar-refractivity contribution < 1.29 is 0 Å². The minimum absolute atomic E-state index is 0.444. The van der Waals surface area contributed by atoms with E-state index < -0.39 is 0 Å². The molecule has 1 saturated heterocycles. The van der Waals surface area contributed by atoms with Crippen LogP contribution in [0.5, 0.6) is 0 Å². The lowest BCUT2D eigenvalue weighted by atomic mass is 10.2. The average molecular weight is 250 g/mol. The molecule has 1 aliphatic rings. The van der Waals surface area contributed by atoms with Gasteiger partial charge in [0, 0.05) is 31.4 Å². The molecule has 1 fully saturated rings. The molecule has 0 saturated carbocycles. The van der Waals surface area contributed by atoms with Crippen LogP contribution in [-0.2, 0) is 0 Å². The van der Waals surface area contributed by atoms with E-state index in [1.165, 1.54) is 0 Å². The Morgan fingerprint density at radius 1 is 1.35 bits per heavy atom. The van der Waals surface area contributed by atoms with Crippen LogP contribution in [0.3, 0.4) is 0 Å². The topological polar surface area (TPSA) is 45.4 Å². The van der Waals surface area contributed by atoms with E-state index in [2.05, 4.69) is 21.8 Å². The molecule has 1 aromatic rings. The molecule has 0 amide bonds. The molecule has 0 aromatic carbocycles. The molecule has 0 unspecified atom stereocenters. The smallest absolute Gasteiger partial charge is 0.106 e. The first-order valence-electron chi connectivity index (χ1n) is 5.86. The zero-order chi connectivity index (χ0) is 12.3. The number of likely N-dealkylation sites (N-methyl/N-ethyl adjacent to an activating group) is 1. The summed E-state index contributed by atoms with van der Waals surface area (Å²) in [6, 6.07) is 1.90. The zero-order valence-electron chi connectivity index (χ0n) is 10.1. The van der Waals surface area contributed by atoms with Crippen LogP contribution >= 0.6 is 12.2 Å². The Hall–Kier alpha value is -1.20. The van der Waals surface area contributed by atoms with Gasteiger partial charge in [0.2, 0.25) is 0 Å². The van der Waals surface area contributed by atoms with Crippen LogP contribution < -0.4 is 10.6 Å². The summed E-state index contributed by atoms with van der Waals surface area (Å²) in [6.07, 6.45) is 4.75. The van der Waals surface area contributed by atoms with Crippen LogP contribution in [0.25, 0.3) is 0 Å². The summed E-state index contributed by atoms with van der Waals surface area (Å²) in [5.74, 6) is 0. The third-order valence-electron chi connectivity index (χ3n) is 3.13. The standard InChI is InChI=1S/C12H18N4S/c1-15-5-2-6-16(8-7-15)11-9-14-4-3-10(11)12(13)17/h3-4,9H,2,5-8H2,1H3,(H2,13,17). The number of pyridine rings is 1. The summed E-state index contributed by atoms with van der Waals surface area (Å²) in [5.41, 5.74) is 7.75. The Bertz CT molecular complexity index is 407. The first-order valence-corrected chi connectivity index (χ1v) is 6.26. The summed E-state index contributed by atoms with van der Waals surface area (Å²) in [7, 11) is 2.15. The summed E-state index contributed by atoms with van der Waals surface area (Å²) >= 11 is 5.09. The molecule has 2 rings (SSSR count). The van der Waals surface area contributed by atoms with Crippen molar-refractivity contribution in [2.45, 2.75) is 6.42 Å². The summed E-state index contributed by atoms with van der Waals surface area (Å²) < 4.78 is 0. The molecule has 4 nitrogen and oxygen atoms in total. The second-order valence-corrected chi connectivity index (χ2v) is 4.84. The number of nitrogens with two attached hydrogens (primary N) is 1. The van der Waals surface area contributed by atoms with Gasteiger partial charge in [-0.2, -0.15) is 0 Å². The third kappa shape index (κ3) is 2.92. The Morgan fingerprint density at radius 3 is 2.94 bits per heavy atom. The van der Waals surface area contributed by atoms with Crippen molar-refractivity contribution >= 4 is 22.9 Å². The van der Waals surface area contributed by atoms with Crippen LogP contribution in [0.4, 0.5) is 5.69 Å². The lowest BCUT2D eigenvalue weighted by molar-refractivity contribution is 0.360. The highest BCUT2D eigenvalue weighted by Crippen LogP contribution is 2.20. The molecule has 0 atom stereocenters. The average Bonchev–Trinajstić information content (AvgIpc) is 2.54. The van der Waals surface area contributed by atoms with E-state index in [1.807, 2.05) is 12.3 Å². The van der Waals surface area contributed by atoms with Gasteiger partial charge in [0.1, 0.15) is 4.99 Å². The van der Waals surface area contributed by atoms with Crippen LogP contribution in [0.1, 0.15) is 12.0 Å². The van der Waals surface area contributed by atoms with Gasteiger partial charge in [0.25, 0.3) is 0 Å². The number of thiocarbonyl (C=S) groups is 1. The van der Waals surface area contributed by atoms with Gasteiger partial charge in [-0.25, -0.2) is 0 Å². The monoisotopic (exact) mass is 250 g/mol. The van der Waals surface area contributed by atoms with Crippen LogP contribution in [0, 0.1) is 0 Å². The Labute approximate surface area is 107 Å². The van der Waals surface area contributed by atoms with Gasteiger partial charge in [-0.05, 0) is 26.1 Å². The lowest BCUT2D eigenvalue weighted by Gasteiger charge is -2.24. The van der Waals surface area contributed by atoms with Crippen molar-refractivity contribution in [2.24, 2.45) is 5.73 Å². The third-order valence-corrected chi connectivity index (χ3v) is 3.35. The number of hydrogen-bond acceptors (Lipinski definition) is 4. The predicted molar refractivity (Wildman–Crippen MR) is 74.5 cm³/mol. The SMILES string of the molecule is CN1CCCN(c2cnccc2C(N)=S)CC1. The molecule has 1 aromatic heterocycles. The summed E-state index contributed by atoms with van der Waals surface area (Å²) in [6.45, 7) is 4.23. The van der Waals surface area contributed by atoms with E-state index in [9.17, 15) is 0 Å². The molecule has 0 aliphatic carbocycles. The molecule has 0 radical (unpaired) electrons. The van der Waals surface area contributed by atoms with Gasteiger partial charge in [-0.1, -0.05) is 12.2 Å². The highest BCUT2D eigenvalue weighted by molar-refractivity contribution is 7.80. The van der Waals surface area contributed by atoms with Gasteiger partial charge in [-0.15, -0.1) is 0 Å². The molecule has 1 aliphatic heterocycles. The van der Waals surface area contributed by atoms with E-state index >= 15 is 0 Å². The quantitative estimate of drug-likeness (QED) is 0.789. The largest absolute Gasteiger partial charge is 0.389 e. The van der Waals surface area contributed by atoms with Gasteiger partial charge in [0.05, 0.1) is 11.9 Å². The highest BCUT2D eigenvalue weighted by atomic mass is 32.1. The molecule has 17 heavy (non-hydrogen) atoms. The zero-order valence-corrected chi connectivity index (χ0v) is 10.9. The second kappa shape index (κ2) is 5.42.